The molecule has 0 bridgehead atoms. The normalized spacial score (nSPS) is 11.2. The second-order valence-corrected chi connectivity index (χ2v) is 5.59. The van der Waals surface area contributed by atoms with Gasteiger partial charge in [0.15, 0.2) is 5.96 Å². The summed E-state index contributed by atoms with van der Waals surface area (Å²) in [5.41, 5.74) is 0.996. The van der Waals surface area contributed by atoms with E-state index in [1.807, 2.05) is 19.1 Å². The first-order chi connectivity index (χ1) is 12.7. The Labute approximate surface area is 157 Å². The van der Waals surface area contributed by atoms with Gasteiger partial charge in [0.05, 0.1) is 21.3 Å². The first-order valence-electron chi connectivity index (χ1n) is 9.01. The van der Waals surface area contributed by atoms with Crippen molar-refractivity contribution in [2.45, 2.75) is 26.2 Å². The monoisotopic (exact) mass is 367 g/mol. The summed E-state index contributed by atoms with van der Waals surface area (Å²) < 4.78 is 21.6. The molecule has 0 heterocycles. The van der Waals surface area contributed by atoms with Gasteiger partial charge in [0.2, 0.25) is 0 Å². The van der Waals surface area contributed by atoms with Crippen molar-refractivity contribution in [2.24, 2.45) is 4.99 Å². The van der Waals surface area contributed by atoms with Crippen LogP contribution < -0.4 is 24.8 Å². The lowest BCUT2D eigenvalue weighted by atomic mass is 10.1. The zero-order valence-corrected chi connectivity index (χ0v) is 16.7. The number of nitrogens with zero attached hydrogens (tertiary/aromatic N) is 1. The number of methoxy groups -OCH3 is 3. The molecule has 7 nitrogen and oxygen atoms in total. The average Bonchev–Trinajstić information content (AvgIpc) is 2.68. The highest BCUT2D eigenvalue weighted by molar-refractivity contribution is 5.79. The molecule has 0 aliphatic heterocycles. The van der Waals surface area contributed by atoms with Crippen LogP contribution in [-0.4, -0.2) is 60.6 Å². The summed E-state index contributed by atoms with van der Waals surface area (Å²) in [6.07, 6.45) is 2.82. The zero-order valence-electron chi connectivity index (χ0n) is 16.7. The first kappa shape index (κ1) is 21.9. The van der Waals surface area contributed by atoms with Crippen LogP contribution in [0.15, 0.2) is 17.1 Å². The Morgan fingerprint density at radius 2 is 1.62 bits per heavy atom. The Hall–Kier alpha value is -2.15. The third-order valence-electron chi connectivity index (χ3n) is 3.92. The highest BCUT2D eigenvalue weighted by Gasteiger charge is 2.13. The van der Waals surface area contributed by atoms with Crippen molar-refractivity contribution in [3.05, 3.63) is 17.7 Å². The number of rotatable bonds is 12. The van der Waals surface area contributed by atoms with Crippen molar-refractivity contribution in [3.8, 4) is 17.2 Å². The van der Waals surface area contributed by atoms with Gasteiger partial charge in [-0.1, -0.05) is 0 Å². The summed E-state index contributed by atoms with van der Waals surface area (Å²) in [7, 11) is 6.69. The van der Waals surface area contributed by atoms with Gasteiger partial charge in [-0.05, 0) is 26.2 Å². The highest BCUT2D eigenvalue weighted by Crippen LogP contribution is 2.34. The number of hydrogen-bond donors (Lipinski definition) is 2. The summed E-state index contributed by atoms with van der Waals surface area (Å²) in [5, 5.41) is 6.63. The van der Waals surface area contributed by atoms with Crippen LogP contribution in [0.4, 0.5) is 0 Å². The molecule has 0 fully saturated rings. The van der Waals surface area contributed by atoms with E-state index in [0.717, 1.165) is 62.0 Å². The fourth-order valence-corrected chi connectivity index (χ4v) is 2.53. The number of nitrogens with one attached hydrogen (secondary N) is 2. The van der Waals surface area contributed by atoms with E-state index < -0.39 is 0 Å². The Kier molecular flexibility index (Phi) is 11.0. The van der Waals surface area contributed by atoms with Gasteiger partial charge in [-0.2, -0.15) is 0 Å². The predicted octanol–water partition coefficient (Wildman–Crippen LogP) is 2.24. The summed E-state index contributed by atoms with van der Waals surface area (Å²) >= 11 is 0. The molecule has 1 rings (SSSR count). The van der Waals surface area contributed by atoms with E-state index in [0.29, 0.717) is 12.3 Å². The molecule has 2 N–H and O–H groups in total. The molecule has 0 aliphatic rings. The Morgan fingerprint density at radius 3 is 2.15 bits per heavy atom. The van der Waals surface area contributed by atoms with Crippen molar-refractivity contribution >= 4 is 5.96 Å². The summed E-state index contributed by atoms with van der Waals surface area (Å²) in [5.74, 6) is 3.00. The van der Waals surface area contributed by atoms with Crippen molar-refractivity contribution in [1.29, 1.82) is 0 Å². The van der Waals surface area contributed by atoms with Crippen LogP contribution in [0.25, 0.3) is 0 Å². The second kappa shape index (κ2) is 13.1. The lowest BCUT2D eigenvalue weighted by Gasteiger charge is -2.16. The Balaban J connectivity index is 2.50. The molecule has 0 atom stereocenters. The molecular weight excluding hydrogens is 334 g/mol. The standard InChI is InChI=1S/C19H33N3O4/c1-6-26-12-8-7-10-21-19(20-2)22-11-9-16-17(24-4)13-15(23-3)14-18(16)25-5/h13-14H,6-12H2,1-5H3,(H2,20,21,22). The number of aliphatic imine (C=N–C) groups is 1. The maximum absolute atomic E-state index is 5.48. The largest absolute Gasteiger partial charge is 0.496 e. The van der Waals surface area contributed by atoms with Crippen molar-refractivity contribution in [2.75, 3.05) is 54.7 Å². The minimum atomic E-state index is 0.706. The SMILES string of the molecule is CCOCCCCNC(=NC)NCCc1c(OC)cc(OC)cc1OC. The summed E-state index contributed by atoms with van der Waals surface area (Å²) in [6, 6.07) is 3.73. The molecule has 0 radical (unpaired) electrons. The number of benzene rings is 1. The topological polar surface area (TPSA) is 73.3 Å². The minimum Gasteiger partial charge on any atom is -0.496 e. The fraction of sp³-hybridized carbons (Fsp3) is 0.632. The quantitative estimate of drug-likeness (QED) is 0.335. The Morgan fingerprint density at radius 1 is 0.962 bits per heavy atom. The average molecular weight is 367 g/mol. The van der Waals surface area contributed by atoms with E-state index in [2.05, 4.69) is 15.6 Å². The van der Waals surface area contributed by atoms with Gasteiger partial charge in [-0.15, -0.1) is 0 Å². The summed E-state index contributed by atoms with van der Waals surface area (Å²) in [4.78, 5) is 4.25. The van der Waals surface area contributed by atoms with Crippen LogP contribution in [-0.2, 0) is 11.2 Å². The first-order valence-corrected chi connectivity index (χ1v) is 9.01. The van der Waals surface area contributed by atoms with Crippen LogP contribution >= 0.6 is 0 Å². The predicted molar refractivity (Wildman–Crippen MR) is 105 cm³/mol. The maximum atomic E-state index is 5.48. The molecule has 0 unspecified atom stereocenters. The van der Waals surface area contributed by atoms with Gasteiger partial charge in [0, 0.05) is 51.0 Å². The van der Waals surface area contributed by atoms with Crippen LogP contribution in [0.5, 0.6) is 17.2 Å². The number of unbranched alkanes of at least 4 members (excludes halogenated alkanes) is 1. The molecule has 1 aromatic carbocycles. The molecule has 0 saturated carbocycles. The minimum absolute atomic E-state index is 0.706. The lowest BCUT2D eigenvalue weighted by molar-refractivity contribution is 0.143. The van der Waals surface area contributed by atoms with E-state index >= 15 is 0 Å². The third-order valence-corrected chi connectivity index (χ3v) is 3.92. The second-order valence-electron chi connectivity index (χ2n) is 5.59. The van der Waals surface area contributed by atoms with Crippen LogP contribution in [0.1, 0.15) is 25.3 Å². The van der Waals surface area contributed by atoms with E-state index in [1.54, 1.807) is 28.4 Å². The maximum Gasteiger partial charge on any atom is 0.190 e. The van der Waals surface area contributed by atoms with E-state index in [9.17, 15) is 0 Å². The molecule has 26 heavy (non-hydrogen) atoms. The molecule has 1 aromatic rings. The fourth-order valence-electron chi connectivity index (χ4n) is 2.53. The molecular formula is C19H33N3O4. The molecule has 0 spiro atoms. The zero-order chi connectivity index (χ0) is 19.2. The van der Waals surface area contributed by atoms with Gasteiger partial charge in [-0.3, -0.25) is 4.99 Å². The van der Waals surface area contributed by atoms with Crippen molar-refractivity contribution in [1.82, 2.24) is 10.6 Å². The molecule has 0 aliphatic carbocycles. The summed E-state index contributed by atoms with van der Waals surface area (Å²) in [6.45, 7) is 5.16. The molecule has 0 saturated heterocycles. The van der Waals surface area contributed by atoms with Gasteiger partial charge >= 0.3 is 0 Å². The number of guanidine groups is 1. The number of ether oxygens (including phenoxy) is 4. The van der Waals surface area contributed by atoms with Crippen LogP contribution in [0, 0.1) is 0 Å². The smallest absolute Gasteiger partial charge is 0.190 e. The molecule has 0 amide bonds. The van der Waals surface area contributed by atoms with Gasteiger partial charge in [0.25, 0.3) is 0 Å². The van der Waals surface area contributed by atoms with Gasteiger partial charge < -0.3 is 29.6 Å². The molecule has 148 valence electrons. The van der Waals surface area contributed by atoms with E-state index in [4.69, 9.17) is 18.9 Å². The highest BCUT2D eigenvalue weighted by atomic mass is 16.5. The van der Waals surface area contributed by atoms with Crippen LogP contribution in [0.3, 0.4) is 0 Å². The molecule has 7 heteroatoms. The van der Waals surface area contributed by atoms with Crippen molar-refractivity contribution in [3.63, 3.8) is 0 Å². The molecule has 0 aromatic heterocycles. The van der Waals surface area contributed by atoms with E-state index in [-0.39, 0.29) is 0 Å². The van der Waals surface area contributed by atoms with E-state index in [1.165, 1.54) is 0 Å². The third kappa shape index (κ3) is 7.39. The van der Waals surface area contributed by atoms with Crippen LogP contribution in [0.2, 0.25) is 0 Å². The van der Waals surface area contributed by atoms with Crippen molar-refractivity contribution < 1.29 is 18.9 Å². The Bertz CT molecular complexity index is 525. The van der Waals surface area contributed by atoms with Gasteiger partial charge in [0.1, 0.15) is 17.2 Å². The lowest BCUT2D eigenvalue weighted by Crippen LogP contribution is -2.38. The van der Waals surface area contributed by atoms with Gasteiger partial charge in [-0.25, -0.2) is 0 Å². The number of hydrogen-bond acceptors (Lipinski definition) is 5.